The van der Waals surface area contributed by atoms with Crippen molar-refractivity contribution < 1.29 is 17.9 Å². The highest BCUT2D eigenvalue weighted by molar-refractivity contribution is 7.89. The van der Waals surface area contributed by atoms with E-state index in [1.165, 1.54) is 0 Å². The van der Waals surface area contributed by atoms with Gasteiger partial charge in [0.05, 0.1) is 20.0 Å². The summed E-state index contributed by atoms with van der Waals surface area (Å²) in [7, 11) is 0.232. The maximum atomic E-state index is 11.9. The number of sulfonamides is 1. The Kier molecular flexibility index (Phi) is 6.26. The zero-order valence-electron chi connectivity index (χ0n) is 14.0. The summed E-state index contributed by atoms with van der Waals surface area (Å²) in [6.45, 7) is 3.53. The number of rotatable bonds is 7. The van der Waals surface area contributed by atoms with Crippen LogP contribution >= 0.6 is 0 Å². The van der Waals surface area contributed by atoms with Crippen molar-refractivity contribution in [2.45, 2.75) is 32.4 Å². The van der Waals surface area contributed by atoms with Gasteiger partial charge in [0.15, 0.2) is 0 Å². The van der Waals surface area contributed by atoms with Crippen LogP contribution in [0.3, 0.4) is 0 Å². The number of nitrogens with zero attached hydrogens (tertiary/aromatic N) is 1. The third-order valence-electron chi connectivity index (χ3n) is 4.28. The second kappa shape index (κ2) is 7.99. The molecule has 1 saturated heterocycles. The van der Waals surface area contributed by atoms with E-state index in [1.807, 2.05) is 18.2 Å². The van der Waals surface area contributed by atoms with E-state index in [1.54, 1.807) is 25.4 Å². The molecule has 0 aliphatic carbocycles. The summed E-state index contributed by atoms with van der Waals surface area (Å²) in [5.41, 5.74) is 1.04. The van der Waals surface area contributed by atoms with Crippen LogP contribution in [0.4, 0.5) is 0 Å². The molecule has 0 amide bonds. The maximum Gasteiger partial charge on any atom is 0.213 e. The van der Waals surface area contributed by atoms with Crippen molar-refractivity contribution >= 4 is 10.0 Å². The lowest BCUT2D eigenvalue weighted by atomic mass is 10.1. The van der Waals surface area contributed by atoms with Crippen LogP contribution in [0.15, 0.2) is 18.2 Å². The summed E-state index contributed by atoms with van der Waals surface area (Å²) in [5.74, 6) is 1.79. The molecule has 7 heteroatoms. The summed E-state index contributed by atoms with van der Waals surface area (Å²) in [4.78, 5) is 0. The molecule has 1 aromatic carbocycles. The molecule has 1 fully saturated rings. The average Bonchev–Trinajstić information content (AvgIpc) is 2.60. The van der Waals surface area contributed by atoms with E-state index in [-0.39, 0.29) is 5.75 Å². The van der Waals surface area contributed by atoms with Crippen LogP contribution in [-0.4, -0.2) is 51.8 Å². The lowest BCUT2D eigenvalue weighted by Gasteiger charge is -2.31. The van der Waals surface area contributed by atoms with Crippen LogP contribution in [0, 0.1) is 0 Å². The Balaban J connectivity index is 1.91. The van der Waals surface area contributed by atoms with Gasteiger partial charge >= 0.3 is 0 Å². The fraction of sp³-hybridized carbons (Fsp3) is 0.625. The Labute approximate surface area is 138 Å². The minimum absolute atomic E-state index is 0.173. The molecular weight excluding hydrogens is 316 g/mol. The molecule has 0 saturated carbocycles. The van der Waals surface area contributed by atoms with Crippen molar-refractivity contribution in [3.8, 4) is 11.5 Å². The van der Waals surface area contributed by atoms with Crippen molar-refractivity contribution in [1.82, 2.24) is 9.62 Å². The first-order chi connectivity index (χ1) is 11.0. The first-order valence-electron chi connectivity index (χ1n) is 7.92. The predicted octanol–water partition coefficient (Wildman–Crippen LogP) is 1.61. The smallest absolute Gasteiger partial charge is 0.213 e. The van der Waals surface area contributed by atoms with Crippen LogP contribution in [0.2, 0.25) is 0 Å². The molecule has 23 heavy (non-hydrogen) atoms. The Morgan fingerprint density at radius 2 is 1.91 bits per heavy atom. The lowest BCUT2D eigenvalue weighted by Crippen LogP contribution is -2.45. The lowest BCUT2D eigenvalue weighted by molar-refractivity contribution is 0.288. The van der Waals surface area contributed by atoms with E-state index in [0.29, 0.717) is 25.7 Å². The number of nitrogens with one attached hydrogen (secondary N) is 1. The molecule has 6 nitrogen and oxygen atoms in total. The Morgan fingerprint density at radius 1 is 1.22 bits per heavy atom. The molecule has 1 aliphatic rings. The van der Waals surface area contributed by atoms with Crippen LogP contribution in [0.1, 0.15) is 25.3 Å². The average molecular weight is 342 g/mol. The van der Waals surface area contributed by atoms with Crippen LogP contribution < -0.4 is 14.8 Å². The summed E-state index contributed by atoms with van der Waals surface area (Å²) >= 11 is 0. The Bertz CT molecular complexity index is 611. The number of hydrogen-bond donors (Lipinski definition) is 1. The fourth-order valence-electron chi connectivity index (χ4n) is 2.80. The molecule has 0 unspecified atom stereocenters. The highest BCUT2D eigenvalue weighted by Gasteiger charge is 2.26. The molecule has 1 aliphatic heterocycles. The second-order valence-electron chi connectivity index (χ2n) is 5.63. The summed E-state index contributed by atoms with van der Waals surface area (Å²) in [6.07, 6.45) is 1.65. The molecule has 0 aromatic heterocycles. The Hall–Kier alpha value is -1.31. The number of methoxy groups -OCH3 is 2. The van der Waals surface area contributed by atoms with Crippen molar-refractivity contribution in [2.24, 2.45) is 0 Å². The Morgan fingerprint density at radius 3 is 2.48 bits per heavy atom. The molecule has 130 valence electrons. The second-order valence-corrected chi connectivity index (χ2v) is 7.89. The third kappa shape index (κ3) is 4.59. The van der Waals surface area contributed by atoms with Gasteiger partial charge in [-0.25, -0.2) is 12.7 Å². The quantitative estimate of drug-likeness (QED) is 0.815. The van der Waals surface area contributed by atoms with Gasteiger partial charge in [-0.2, -0.15) is 0 Å². The van der Waals surface area contributed by atoms with Crippen LogP contribution in [0.25, 0.3) is 0 Å². The molecule has 1 heterocycles. The van der Waals surface area contributed by atoms with E-state index < -0.39 is 10.0 Å². The molecule has 0 spiro atoms. The number of hydrogen-bond acceptors (Lipinski definition) is 5. The van der Waals surface area contributed by atoms with Crippen LogP contribution in [0.5, 0.6) is 11.5 Å². The van der Waals surface area contributed by atoms with Gasteiger partial charge in [0.2, 0.25) is 10.0 Å². The van der Waals surface area contributed by atoms with Crippen LogP contribution in [-0.2, 0) is 16.6 Å². The van der Waals surface area contributed by atoms with Gasteiger partial charge in [-0.1, -0.05) is 0 Å². The highest BCUT2D eigenvalue weighted by atomic mass is 32.2. The summed E-state index contributed by atoms with van der Waals surface area (Å²) in [5, 5.41) is 3.50. The molecule has 1 aromatic rings. The van der Waals surface area contributed by atoms with Gasteiger partial charge in [0, 0.05) is 31.2 Å². The van der Waals surface area contributed by atoms with Gasteiger partial charge in [0.1, 0.15) is 11.5 Å². The number of benzene rings is 1. The van der Waals surface area contributed by atoms with Gasteiger partial charge in [0.25, 0.3) is 0 Å². The first kappa shape index (κ1) is 18.0. The normalized spacial score (nSPS) is 17.2. The molecule has 2 rings (SSSR count). The SMILES string of the molecule is CCS(=O)(=O)N1CCC(NCc2cc(OC)ccc2OC)CC1. The molecular formula is C16H26N2O4S. The maximum absolute atomic E-state index is 11.9. The summed E-state index contributed by atoms with van der Waals surface area (Å²) in [6, 6.07) is 6.04. The van der Waals surface area contributed by atoms with Crippen molar-refractivity contribution in [2.75, 3.05) is 33.1 Å². The molecule has 1 N–H and O–H groups in total. The standard InChI is InChI=1S/C16H26N2O4S/c1-4-23(19,20)18-9-7-14(8-10-18)17-12-13-11-15(21-2)5-6-16(13)22-3/h5-6,11,14,17H,4,7-10,12H2,1-3H3. The zero-order chi connectivity index (χ0) is 16.9. The van der Waals surface area contributed by atoms with Gasteiger partial charge < -0.3 is 14.8 Å². The van der Waals surface area contributed by atoms with E-state index in [4.69, 9.17) is 9.47 Å². The van der Waals surface area contributed by atoms with E-state index >= 15 is 0 Å². The number of ether oxygens (including phenoxy) is 2. The minimum atomic E-state index is -3.06. The third-order valence-corrected chi connectivity index (χ3v) is 6.16. The zero-order valence-corrected chi connectivity index (χ0v) is 14.9. The molecule has 0 radical (unpaired) electrons. The monoisotopic (exact) mass is 342 g/mol. The minimum Gasteiger partial charge on any atom is -0.497 e. The predicted molar refractivity (Wildman–Crippen MR) is 90.4 cm³/mol. The summed E-state index contributed by atoms with van der Waals surface area (Å²) < 4.78 is 36.0. The van der Waals surface area contributed by atoms with Gasteiger partial charge in [-0.15, -0.1) is 0 Å². The first-order valence-corrected chi connectivity index (χ1v) is 9.53. The fourth-order valence-corrected chi connectivity index (χ4v) is 3.93. The number of piperidine rings is 1. The van der Waals surface area contributed by atoms with Crippen molar-refractivity contribution in [3.05, 3.63) is 23.8 Å². The van der Waals surface area contributed by atoms with Crippen molar-refractivity contribution in [1.29, 1.82) is 0 Å². The van der Waals surface area contributed by atoms with E-state index in [2.05, 4.69) is 5.32 Å². The van der Waals surface area contributed by atoms with E-state index in [9.17, 15) is 8.42 Å². The van der Waals surface area contributed by atoms with Crippen molar-refractivity contribution in [3.63, 3.8) is 0 Å². The van der Waals surface area contributed by atoms with Gasteiger partial charge in [-0.3, -0.25) is 0 Å². The highest BCUT2D eigenvalue weighted by Crippen LogP contribution is 2.24. The topological polar surface area (TPSA) is 67.9 Å². The largest absolute Gasteiger partial charge is 0.497 e. The molecule has 0 bridgehead atoms. The van der Waals surface area contributed by atoms with Gasteiger partial charge in [-0.05, 0) is 38.0 Å². The van der Waals surface area contributed by atoms with E-state index in [0.717, 1.165) is 29.9 Å². The molecule has 0 atom stereocenters.